The second kappa shape index (κ2) is 6.11. The maximum atomic E-state index is 5.53. The third-order valence-corrected chi connectivity index (χ3v) is 3.65. The Morgan fingerprint density at radius 3 is 2.94 bits per heavy atom. The molecule has 98 valence electrons. The first-order valence-electron chi connectivity index (χ1n) is 5.98. The predicted octanol–water partition coefficient (Wildman–Crippen LogP) is 2.44. The van der Waals surface area contributed by atoms with Crippen LogP contribution in [0.3, 0.4) is 0 Å². The van der Waals surface area contributed by atoms with Crippen LogP contribution in [0.25, 0.3) is 0 Å². The SMILES string of the molecule is CSCC(C)NC(c1ccco1)c1nccn1C. The number of imidazole rings is 1. The monoisotopic (exact) mass is 265 g/mol. The first-order valence-corrected chi connectivity index (χ1v) is 7.37. The third-order valence-electron chi connectivity index (χ3n) is 2.81. The van der Waals surface area contributed by atoms with Crippen LogP contribution in [0.5, 0.6) is 0 Å². The maximum Gasteiger partial charge on any atom is 0.133 e. The van der Waals surface area contributed by atoms with Crippen molar-refractivity contribution in [1.29, 1.82) is 0 Å². The molecule has 4 nitrogen and oxygen atoms in total. The summed E-state index contributed by atoms with van der Waals surface area (Å²) in [4.78, 5) is 4.42. The van der Waals surface area contributed by atoms with Crippen LogP contribution in [0.2, 0.25) is 0 Å². The van der Waals surface area contributed by atoms with Crippen LogP contribution in [0.1, 0.15) is 24.6 Å². The van der Waals surface area contributed by atoms with Crippen molar-refractivity contribution < 1.29 is 4.42 Å². The highest BCUT2D eigenvalue weighted by molar-refractivity contribution is 7.98. The molecule has 5 heteroatoms. The summed E-state index contributed by atoms with van der Waals surface area (Å²) >= 11 is 1.83. The van der Waals surface area contributed by atoms with Gasteiger partial charge in [-0.2, -0.15) is 11.8 Å². The van der Waals surface area contributed by atoms with Crippen LogP contribution in [0.4, 0.5) is 0 Å². The zero-order chi connectivity index (χ0) is 13.0. The molecule has 0 aliphatic rings. The van der Waals surface area contributed by atoms with Gasteiger partial charge in [-0.05, 0) is 25.3 Å². The second-order valence-electron chi connectivity index (χ2n) is 4.37. The number of aryl methyl sites for hydroxylation is 1. The molecular formula is C13H19N3OS. The molecule has 0 saturated carbocycles. The first-order chi connectivity index (χ1) is 8.72. The molecule has 2 aromatic rings. The van der Waals surface area contributed by atoms with Crippen LogP contribution in [-0.2, 0) is 7.05 Å². The highest BCUT2D eigenvalue weighted by Gasteiger charge is 2.22. The lowest BCUT2D eigenvalue weighted by molar-refractivity contribution is 0.410. The van der Waals surface area contributed by atoms with E-state index in [2.05, 4.69) is 23.5 Å². The van der Waals surface area contributed by atoms with Gasteiger partial charge in [0.15, 0.2) is 0 Å². The molecule has 0 aliphatic carbocycles. The number of rotatable bonds is 6. The fraction of sp³-hybridized carbons (Fsp3) is 0.462. The van der Waals surface area contributed by atoms with Gasteiger partial charge in [0.25, 0.3) is 0 Å². The average molecular weight is 265 g/mol. The van der Waals surface area contributed by atoms with E-state index in [4.69, 9.17) is 4.42 Å². The Labute approximate surface area is 112 Å². The average Bonchev–Trinajstić information content (AvgIpc) is 2.97. The van der Waals surface area contributed by atoms with Crippen molar-refractivity contribution in [3.05, 3.63) is 42.4 Å². The van der Waals surface area contributed by atoms with E-state index in [1.165, 1.54) is 0 Å². The van der Waals surface area contributed by atoms with Gasteiger partial charge in [0, 0.05) is 31.2 Å². The Hall–Kier alpha value is -1.20. The van der Waals surface area contributed by atoms with Crippen molar-refractivity contribution >= 4 is 11.8 Å². The molecule has 1 N–H and O–H groups in total. The molecule has 0 aromatic carbocycles. The molecule has 0 saturated heterocycles. The Kier molecular flexibility index (Phi) is 4.49. The maximum absolute atomic E-state index is 5.53. The topological polar surface area (TPSA) is 43.0 Å². The molecule has 2 aromatic heterocycles. The normalized spacial score (nSPS) is 14.6. The van der Waals surface area contributed by atoms with Crippen LogP contribution < -0.4 is 5.32 Å². The summed E-state index contributed by atoms with van der Waals surface area (Å²) in [7, 11) is 2.00. The molecule has 0 aliphatic heterocycles. The Morgan fingerprint density at radius 1 is 1.56 bits per heavy atom. The van der Waals surface area contributed by atoms with Crippen LogP contribution >= 0.6 is 11.8 Å². The molecule has 0 amide bonds. The van der Waals surface area contributed by atoms with Crippen molar-refractivity contribution in [2.75, 3.05) is 12.0 Å². The summed E-state index contributed by atoms with van der Waals surface area (Å²) in [5.74, 6) is 2.93. The highest BCUT2D eigenvalue weighted by Crippen LogP contribution is 2.21. The lowest BCUT2D eigenvalue weighted by atomic mass is 10.2. The van der Waals surface area contributed by atoms with Gasteiger partial charge in [-0.1, -0.05) is 0 Å². The standard InChI is InChI=1S/C13H19N3OS/c1-10(9-18-3)15-12(11-5-4-8-17-11)13-14-6-7-16(13)2/h4-8,10,12,15H,9H2,1-3H3. The van der Waals surface area contributed by atoms with Gasteiger partial charge >= 0.3 is 0 Å². The number of hydrogen-bond donors (Lipinski definition) is 1. The van der Waals surface area contributed by atoms with E-state index >= 15 is 0 Å². The van der Waals surface area contributed by atoms with Gasteiger partial charge in [-0.3, -0.25) is 5.32 Å². The molecule has 0 fully saturated rings. The predicted molar refractivity (Wildman–Crippen MR) is 74.7 cm³/mol. The smallest absolute Gasteiger partial charge is 0.133 e. The Morgan fingerprint density at radius 2 is 2.39 bits per heavy atom. The molecule has 0 radical (unpaired) electrons. The lowest BCUT2D eigenvalue weighted by Gasteiger charge is -2.21. The number of nitrogens with one attached hydrogen (secondary N) is 1. The van der Waals surface area contributed by atoms with E-state index in [1.54, 1.807) is 6.26 Å². The molecular weight excluding hydrogens is 246 g/mol. The Bertz CT molecular complexity index is 466. The van der Waals surface area contributed by atoms with E-state index in [0.29, 0.717) is 6.04 Å². The molecule has 2 rings (SSSR count). The van der Waals surface area contributed by atoms with E-state index < -0.39 is 0 Å². The number of aromatic nitrogens is 2. The zero-order valence-corrected chi connectivity index (χ0v) is 11.8. The summed E-state index contributed by atoms with van der Waals surface area (Å²) in [6.45, 7) is 2.18. The largest absolute Gasteiger partial charge is 0.467 e. The molecule has 2 unspecified atom stereocenters. The minimum atomic E-state index is 0.00199. The van der Waals surface area contributed by atoms with Crippen molar-refractivity contribution in [3.8, 4) is 0 Å². The summed E-state index contributed by atoms with van der Waals surface area (Å²) < 4.78 is 7.55. The summed E-state index contributed by atoms with van der Waals surface area (Å²) in [6, 6.07) is 4.29. The third kappa shape index (κ3) is 2.97. The Balaban J connectivity index is 2.22. The number of thioether (sulfide) groups is 1. The minimum Gasteiger partial charge on any atom is -0.467 e. The van der Waals surface area contributed by atoms with Crippen molar-refractivity contribution in [2.24, 2.45) is 7.05 Å². The van der Waals surface area contributed by atoms with Crippen molar-refractivity contribution in [3.63, 3.8) is 0 Å². The van der Waals surface area contributed by atoms with E-state index in [9.17, 15) is 0 Å². The van der Waals surface area contributed by atoms with Gasteiger partial charge in [0.05, 0.1) is 6.26 Å². The molecule has 0 spiro atoms. The summed E-state index contributed by atoms with van der Waals surface area (Å²) in [5, 5.41) is 3.57. The van der Waals surface area contributed by atoms with Gasteiger partial charge in [-0.15, -0.1) is 0 Å². The van der Waals surface area contributed by atoms with E-state index in [0.717, 1.165) is 17.3 Å². The molecule has 2 heterocycles. The molecule has 18 heavy (non-hydrogen) atoms. The lowest BCUT2D eigenvalue weighted by Crippen LogP contribution is -2.34. The van der Waals surface area contributed by atoms with Gasteiger partial charge < -0.3 is 8.98 Å². The summed E-state index contributed by atoms with van der Waals surface area (Å²) in [5.41, 5.74) is 0. The fourth-order valence-corrected chi connectivity index (χ4v) is 2.57. The van der Waals surface area contributed by atoms with E-state index in [1.807, 2.05) is 47.9 Å². The number of hydrogen-bond acceptors (Lipinski definition) is 4. The minimum absolute atomic E-state index is 0.00199. The van der Waals surface area contributed by atoms with Crippen LogP contribution in [0.15, 0.2) is 35.2 Å². The molecule has 0 bridgehead atoms. The van der Waals surface area contributed by atoms with Crippen LogP contribution in [-0.4, -0.2) is 27.6 Å². The quantitative estimate of drug-likeness (QED) is 0.871. The highest BCUT2D eigenvalue weighted by atomic mass is 32.2. The van der Waals surface area contributed by atoms with Crippen molar-refractivity contribution in [1.82, 2.24) is 14.9 Å². The van der Waals surface area contributed by atoms with Gasteiger partial charge in [-0.25, -0.2) is 4.98 Å². The van der Waals surface area contributed by atoms with Crippen molar-refractivity contribution in [2.45, 2.75) is 19.0 Å². The first kappa shape index (κ1) is 13.2. The number of nitrogens with zero attached hydrogens (tertiary/aromatic N) is 2. The second-order valence-corrected chi connectivity index (χ2v) is 5.28. The fourth-order valence-electron chi connectivity index (χ4n) is 1.98. The summed E-state index contributed by atoms with van der Waals surface area (Å²) in [6.07, 6.45) is 7.57. The van der Waals surface area contributed by atoms with E-state index in [-0.39, 0.29) is 6.04 Å². The number of furan rings is 1. The van der Waals surface area contributed by atoms with Gasteiger partial charge in [0.1, 0.15) is 17.6 Å². The zero-order valence-electron chi connectivity index (χ0n) is 11.0. The van der Waals surface area contributed by atoms with Gasteiger partial charge in [0.2, 0.25) is 0 Å². The van der Waals surface area contributed by atoms with Crippen LogP contribution in [0, 0.1) is 0 Å². The molecule has 2 atom stereocenters.